The van der Waals surface area contributed by atoms with Crippen LogP contribution in [0.5, 0.6) is 0 Å². The maximum Gasteiger partial charge on any atom is 0.257 e. The Labute approximate surface area is 247 Å². The molecule has 1 amide bonds. The molecule has 0 bridgehead atoms. The number of hydrogen-bond donors (Lipinski definition) is 1. The van der Waals surface area contributed by atoms with Crippen molar-refractivity contribution in [1.82, 2.24) is 10.2 Å². The van der Waals surface area contributed by atoms with Crippen LogP contribution < -0.4 is 10.2 Å². The fraction of sp³-hybridized carbons (Fsp3) is 0.394. The lowest BCUT2D eigenvalue weighted by Crippen LogP contribution is -2.44. The number of nitrogens with one attached hydrogen (secondary N) is 1. The van der Waals surface area contributed by atoms with E-state index in [1.165, 1.54) is 12.1 Å². The molecule has 0 unspecified atom stereocenters. The number of nitrogens with zero attached hydrogens (tertiary/aromatic N) is 3. The van der Waals surface area contributed by atoms with Gasteiger partial charge in [0.15, 0.2) is 0 Å². The minimum absolute atomic E-state index is 0.102. The fourth-order valence-electron chi connectivity index (χ4n) is 5.56. The van der Waals surface area contributed by atoms with Gasteiger partial charge in [-0.25, -0.2) is 8.78 Å². The number of carbonyl (C=O) groups is 1. The van der Waals surface area contributed by atoms with Gasteiger partial charge in [-0.15, -0.1) is 0 Å². The molecule has 1 N–H and O–H groups in total. The van der Waals surface area contributed by atoms with Gasteiger partial charge in [-0.05, 0) is 97.2 Å². The van der Waals surface area contributed by atoms with E-state index < -0.39 is 30.0 Å². The molecule has 0 saturated carbocycles. The Morgan fingerprint density at radius 2 is 1.83 bits per heavy atom. The summed E-state index contributed by atoms with van der Waals surface area (Å²) in [4.78, 5) is 22.7. The van der Waals surface area contributed by atoms with E-state index in [1.54, 1.807) is 12.1 Å². The molecule has 3 aromatic carbocycles. The topological polar surface area (TPSA) is 57.2 Å². The fourth-order valence-corrected chi connectivity index (χ4v) is 5.56. The first-order valence-corrected chi connectivity index (χ1v) is 14.0. The van der Waals surface area contributed by atoms with Crippen molar-refractivity contribution < 1.29 is 25.2 Å². The molecule has 214 valence electrons. The number of carbonyl (C=O) groups excluding carboxylic acids is 1. The maximum atomic E-state index is 14.2. The second-order valence-electron chi connectivity index (χ2n) is 10.9. The molecule has 6 nitrogen and oxygen atoms in total. The molecule has 0 aromatic heterocycles. The number of piperazine rings is 1. The van der Waals surface area contributed by atoms with E-state index in [0.29, 0.717) is 49.5 Å². The van der Waals surface area contributed by atoms with Gasteiger partial charge in [0, 0.05) is 65.0 Å². The lowest BCUT2D eigenvalue weighted by Gasteiger charge is -2.34. The highest BCUT2D eigenvalue weighted by Crippen LogP contribution is 2.28. The monoisotopic (exact) mass is 563 g/mol. The normalized spacial score (nSPS) is 19.9. The molecular weight excluding hydrogens is 522 g/mol. The number of fused-ring (bicyclic) bond motifs is 1. The third kappa shape index (κ3) is 6.49. The Balaban J connectivity index is 1.31. The van der Waals surface area contributed by atoms with Crippen LogP contribution in [0.25, 0.3) is 0 Å². The number of ether oxygens (including phenoxy) is 1. The van der Waals surface area contributed by atoms with E-state index in [0.717, 1.165) is 43.6 Å². The summed E-state index contributed by atoms with van der Waals surface area (Å²) in [7, 11) is 2.04. The van der Waals surface area contributed by atoms with Crippen molar-refractivity contribution >= 4 is 17.4 Å². The highest BCUT2D eigenvalue weighted by molar-refractivity contribution is 6.14. The SMILES string of the molecule is [2H]c1cc(C(=O)NC2=NCc3ccc(C([2H])([2H])c4cc(F)c([2H])c(F)c4)cc32)c(CC2CCOCC2)c([2H])c1N1CCN(C)CC1. The molecule has 0 spiro atoms. The number of amides is 1. The van der Waals surface area contributed by atoms with E-state index in [-0.39, 0.29) is 47.1 Å². The van der Waals surface area contributed by atoms with Gasteiger partial charge in [-0.2, -0.15) is 0 Å². The highest BCUT2D eigenvalue weighted by atomic mass is 19.1. The first-order valence-electron chi connectivity index (χ1n) is 16.5. The van der Waals surface area contributed by atoms with Gasteiger partial charge in [-0.3, -0.25) is 9.79 Å². The van der Waals surface area contributed by atoms with Crippen molar-refractivity contribution in [2.45, 2.75) is 32.2 Å². The Hall–Kier alpha value is -3.62. The Morgan fingerprint density at radius 1 is 1.07 bits per heavy atom. The van der Waals surface area contributed by atoms with Crippen molar-refractivity contribution in [3.63, 3.8) is 0 Å². The minimum atomic E-state index is -2.31. The van der Waals surface area contributed by atoms with E-state index in [1.807, 2.05) is 7.05 Å². The Morgan fingerprint density at radius 3 is 2.59 bits per heavy atom. The average Bonchev–Trinajstić information content (AvgIpc) is 3.44. The number of rotatable bonds is 6. The number of likely N-dealkylation sites (N-methyl/N-ethyl adjacent to an activating group) is 1. The molecule has 8 heteroatoms. The first kappa shape index (κ1) is 22.0. The lowest BCUT2D eigenvalue weighted by molar-refractivity contribution is 0.0664. The van der Waals surface area contributed by atoms with Crippen LogP contribution in [0, 0.1) is 17.6 Å². The number of amidine groups is 1. The Bertz CT molecular complexity index is 1680. The number of aliphatic imine (C=N–C) groups is 1. The van der Waals surface area contributed by atoms with E-state index in [9.17, 15) is 14.9 Å². The predicted molar refractivity (Wildman–Crippen MR) is 157 cm³/mol. The van der Waals surface area contributed by atoms with Crippen molar-refractivity contribution in [2.24, 2.45) is 10.9 Å². The second kappa shape index (κ2) is 12.1. The van der Waals surface area contributed by atoms with Gasteiger partial charge in [0.25, 0.3) is 5.91 Å². The van der Waals surface area contributed by atoms with Crippen molar-refractivity contribution in [1.29, 1.82) is 0 Å². The van der Waals surface area contributed by atoms with E-state index in [2.05, 4.69) is 20.1 Å². The molecular formula is C33H36F2N4O2. The molecule has 0 aliphatic carbocycles. The molecule has 0 radical (unpaired) electrons. The zero-order chi connectivity index (χ0) is 32.7. The summed E-state index contributed by atoms with van der Waals surface area (Å²) < 4.78 is 76.7. The third-order valence-electron chi connectivity index (χ3n) is 7.94. The molecule has 41 heavy (non-hydrogen) atoms. The Kier molecular flexibility index (Phi) is 6.50. The summed E-state index contributed by atoms with van der Waals surface area (Å²) in [5.74, 6) is -2.38. The molecule has 3 aromatic rings. The van der Waals surface area contributed by atoms with Gasteiger partial charge < -0.3 is 19.9 Å². The van der Waals surface area contributed by atoms with Gasteiger partial charge in [0.05, 0.1) is 10.7 Å². The van der Waals surface area contributed by atoms with Crippen LogP contribution in [0.4, 0.5) is 14.5 Å². The van der Waals surface area contributed by atoms with Gasteiger partial charge in [0.2, 0.25) is 0 Å². The van der Waals surface area contributed by atoms with Gasteiger partial charge in [0.1, 0.15) is 17.5 Å². The summed E-state index contributed by atoms with van der Waals surface area (Å²) in [5.41, 5.74) is 2.40. The highest BCUT2D eigenvalue weighted by Gasteiger charge is 2.24. The summed E-state index contributed by atoms with van der Waals surface area (Å²) in [6, 6.07) is 7.25. The number of benzene rings is 3. The number of anilines is 1. The summed E-state index contributed by atoms with van der Waals surface area (Å²) in [6.07, 6.45) is -0.172. The zero-order valence-electron chi connectivity index (χ0n) is 28.0. The van der Waals surface area contributed by atoms with Crippen LogP contribution in [-0.4, -0.2) is 63.1 Å². The number of halogens is 2. The average molecular weight is 564 g/mol. The predicted octanol–water partition coefficient (Wildman–Crippen LogP) is 4.97. The zero-order valence-corrected chi connectivity index (χ0v) is 23.0. The summed E-state index contributed by atoms with van der Waals surface area (Å²) in [5, 5.41) is 2.86. The second-order valence-corrected chi connectivity index (χ2v) is 10.9. The van der Waals surface area contributed by atoms with Gasteiger partial charge in [-0.1, -0.05) is 12.1 Å². The van der Waals surface area contributed by atoms with E-state index in [4.69, 9.17) is 10.2 Å². The quantitative estimate of drug-likeness (QED) is 0.461. The van der Waals surface area contributed by atoms with Crippen LogP contribution in [0.3, 0.4) is 0 Å². The lowest BCUT2D eigenvalue weighted by atomic mass is 9.89. The first-order chi connectivity index (χ1) is 21.9. The molecule has 3 aliphatic rings. The number of hydrogen-bond acceptors (Lipinski definition) is 5. The van der Waals surface area contributed by atoms with Crippen LogP contribution >= 0.6 is 0 Å². The molecule has 3 heterocycles. The van der Waals surface area contributed by atoms with Crippen LogP contribution in [0.1, 0.15) is 57.9 Å². The largest absolute Gasteiger partial charge is 0.381 e. The molecule has 6 rings (SSSR count). The van der Waals surface area contributed by atoms with Crippen molar-refractivity contribution in [3.05, 3.63) is 99.5 Å². The third-order valence-corrected chi connectivity index (χ3v) is 7.94. The molecule has 2 saturated heterocycles. The maximum absolute atomic E-state index is 14.2. The van der Waals surface area contributed by atoms with Gasteiger partial charge >= 0.3 is 0 Å². The smallest absolute Gasteiger partial charge is 0.257 e. The summed E-state index contributed by atoms with van der Waals surface area (Å²) >= 11 is 0. The van der Waals surface area contributed by atoms with Crippen LogP contribution in [0.2, 0.25) is 0 Å². The standard InChI is InChI=1S/C33H36F2N4O2/c1-38-8-10-39(11-9-38)29-4-5-30(26(19-29)15-22-6-12-41-13-7-22)33(40)37-32-31-18-23(2-3-25(31)21-36-32)14-24-16-27(34)20-28(35)17-24/h2-5,16-20,22H,6-15,21H2,1H3,(H,36,37,40)/i4D,14D2,19D,20D. The van der Waals surface area contributed by atoms with Crippen molar-refractivity contribution in [3.8, 4) is 0 Å². The van der Waals surface area contributed by atoms with Crippen LogP contribution in [0.15, 0.2) is 59.5 Å². The summed E-state index contributed by atoms with van der Waals surface area (Å²) in [6.45, 7) is 4.49. The van der Waals surface area contributed by atoms with E-state index >= 15 is 0 Å². The molecule has 2 fully saturated rings. The van der Waals surface area contributed by atoms with Crippen LogP contribution in [-0.2, 0) is 24.1 Å². The minimum Gasteiger partial charge on any atom is -0.381 e. The molecule has 0 atom stereocenters. The molecule has 3 aliphatic heterocycles. The van der Waals surface area contributed by atoms with Crippen molar-refractivity contribution in [2.75, 3.05) is 51.3 Å².